The van der Waals surface area contributed by atoms with Crippen molar-refractivity contribution in [3.63, 3.8) is 0 Å². The zero-order chi connectivity index (χ0) is 15.4. The maximum atomic E-state index is 12.1. The highest BCUT2D eigenvalue weighted by molar-refractivity contribution is 5.77. The summed E-state index contributed by atoms with van der Waals surface area (Å²) in [6, 6.07) is 16.0. The summed E-state index contributed by atoms with van der Waals surface area (Å²) in [7, 11) is 0. The third-order valence-electron chi connectivity index (χ3n) is 3.73. The number of para-hydroxylation sites is 2. The normalized spacial score (nSPS) is 16.1. The Morgan fingerprint density at radius 3 is 2.82 bits per heavy atom. The number of nitrogens with one attached hydrogen (secondary N) is 2. The minimum absolute atomic E-state index is 0.00733. The van der Waals surface area contributed by atoms with Crippen LogP contribution in [0.5, 0.6) is 5.75 Å². The number of carbonyl (C=O) groups excluding carboxylic acids is 1. The summed E-state index contributed by atoms with van der Waals surface area (Å²) in [6.07, 6.45) is 0.403. The Kier molecular flexibility index (Phi) is 4.28. The topological polar surface area (TPSA) is 50.4 Å². The summed E-state index contributed by atoms with van der Waals surface area (Å²) in [4.78, 5) is 12.1. The Bertz CT molecular complexity index is 652. The van der Waals surface area contributed by atoms with Gasteiger partial charge in [0.15, 0.2) is 0 Å². The van der Waals surface area contributed by atoms with Crippen molar-refractivity contribution in [1.82, 2.24) is 5.32 Å². The molecule has 2 aromatic carbocycles. The molecule has 4 nitrogen and oxygen atoms in total. The number of aryl methyl sites for hydroxylation is 1. The van der Waals surface area contributed by atoms with E-state index in [1.54, 1.807) is 0 Å². The molecule has 0 aromatic heterocycles. The Morgan fingerprint density at radius 1 is 1.23 bits per heavy atom. The lowest BCUT2D eigenvalue weighted by Gasteiger charge is -2.27. The number of amides is 1. The van der Waals surface area contributed by atoms with Gasteiger partial charge in [-0.15, -0.1) is 0 Å². The molecule has 1 heterocycles. The van der Waals surface area contributed by atoms with Crippen LogP contribution in [0.4, 0.5) is 5.69 Å². The molecule has 0 bridgehead atoms. The first-order valence-corrected chi connectivity index (χ1v) is 7.51. The molecule has 22 heavy (non-hydrogen) atoms. The summed E-state index contributed by atoms with van der Waals surface area (Å²) >= 11 is 0. The molecule has 0 saturated heterocycles. The molecule has 0 radical (unpaired) electrons. The molecule has 2 N–H and O–H groups in total. The first-order valence-electron chi connectivity index (χ1n) is 7.51. The van der Waals surface area contributed by atoms with Crippen LogP contribution >= 0.6 is 0 Å². The van der Waals surface area contributed by atoms with Crippen LogP contribution in [-0.4, -0.2) is 18.6 Å². The van der Waals surface area contributed by atoms with Crippen LogP contribution in [0.1, 0.15) is 17.5 Å². The van der Waals surface area contributed by atoms with E-state index in [9.17, 15) is 4.79 Å². The van der Waals surface area contributed by atoms with Gasteiger partial charge in [0, 0.05) is 6.54 Å². The van der Waals surface area contributed by atoms with E-state index in [-0.39, 0.29) is 11.9 Å². The van der Waals surface area contributed by atoms with Gasteiger partial charge in [0.05, 0.1) is 18.2 Å². The molecular weight excluding hydrogens is 276 g/mol. The van der Waals surface area contributed by atoms with E-state index < -0.39 is 0 Å². The summed E-state index contributed by atoms with van der Waals surface area (Å²) < 4.78 is 5.67. The van der Waals surface area contributed by atoms with Gasteiger partial charge in [-0.25, -0.2) is 0 Å². The molecule has 114 valence electrons. The van der Waals surface area contributed by atoms with Crippen LogP contribution in [-0.2, 0) is 11.3 Å². The monoisotopic (exact) mass is 296 g/mol. The lowest BCUT2D eigenvalue weighted by atomic mass is 10.1. The van der Waals surface area contributed by atoms with Gasteiger partial charge in [-0.1, -0.05) is 42.0 Å². The predicted octanol–water partition coefficient (Wildman–Crippen LogP) is 2.87. The van der Waals surface area contributed by atoms with Crippen molar-refractivity contribution < 1.29 is 9.53 Å². The van der Waals surface area contributed by atoms with Gasteiger partial charge in [-0.05, 0) is 24.6 Å². The van der Waals surface area contributed by atoms with Gasteiger partial charge in [0.1, 0.15) is 12.4 Å². The first kappa shape index (κ1) is 14.4. The van der Waals surface area contributed by atoms with Crippen LogP contribution in [0, 0.1) is 6.92 Å². The van der Waals surface area contributed by atoms with Crippen molar-refractivity contribution in [2.45, 2.75) is 25.9 Å². The molecule has 1 aliphatic heterocycles. The number of hydrogen-bond donors (Lipinski definition) is 2. The number of carbonyl (C=O) groups is 1. The van der Waals surface area contributed by atoms with Gasteiger partial charge in [0.25, 0.3) is 0 Å². The summed E-state index contributed by atoms with van der Waals surface area (Å²) in [5.74, 6) is 0.875. The molecule has 0 spiro atoms. The smallest absolute Gasteiger partial charge is 0.222 e. The van der Waals surface area contributed by atoms with Crippen molar-refractivity contribution in [3.05, 3.63) is 59.7 Å². The molecule has 1 amide bonds. The maximum absolute atomic E-state index is 12.1. The zero-order valence-corrected chi connectivity index (χ0v) is 12.6. The molecule has 1 unspecified atom stereocenters. The van der Waals surface area contributed by atoms with Crippen molar-refractivity contribution >= 4 is 11.6 Å². The number of anilines is 1. The van der Waals surface area contributed by atoms with Crippen molar-refractivity contribution in [2.75, 3.05) is 11.9 Å². The van der Waals surface area contributed by atoms with Crippen molar-refractivity contribution in [3.8, 4) is 5.75 Å². The van der Waals surface area contributed by atoms with Crippen molar-refractivity contribution in [2.24, 2.45) is 0 Å². The van der Waals surface area contributed by atoms with E-state index >= 15 is 0 Å². The van der Waals surface area contributed by atoms with E-state index in [2.05, 4.69) is 29.7 Å². The van der Waals surface area contributed by atoms with E-state index in [1.165, 1.54) is 5.56 Å². The number of fused-ring (bicyclic) bond motifs is 1. The second-order valence-corrected chi connectivity index (χ2v) is 5.61. The summed E-state index contributed by atoms with van der Waals surface area (Å²) in [5.41, 5.74) is 3.28. The third kappa shape index (κ3) is 3.58. The van der Waals surface area contributed by atoms with Gasteiger partial charge in [-0.2, -0.15) is 0 Å². The highest BCUT2D eigenvalue weighted by Gasteiger charge is 2.20. The van der Waals surface area contributed by atoms with Crippen LogP contribution in [0.15, 0.2) is 48.5 Å². The van der Waals surface area contributed by atoms with Crippen LogP contribution in [0.25, 0.3) is 0 Å². The maximum Gasteiger partial charge on any atom is 0.222 e. The average Bonchev–Trinajstić information content (AvgIpc) is 2.54. The zero-order valence-electron chi connectivity index (χ0n) is 12.6. The lowest BCUT2D eigenvalue weighted by molar-refractivity contribution is -0.121. The summed E-state index contributed by atoms with van der Waals surface area (Å²) in [6.45, 7) is 3.12. The molecule has 1 atom stereocenters. The fourth-order valence-electron chi connectivity index (χ4n) is 2.48. The SMILES string of the molecule is Cc1ccc(CNC(=O)CC2COc3ccccc3N2)cc1. The van der Waals surface area contributed by atoms with Gasteiger partial charge in [-0.3, -0.25) is 4.79 Å². The fraction of sp³-hybridized carbons (Fsp3) is 0.278. The highest BCUT2D eigenvalue weighted by atomic mass is 16.5. The van der Waals surface area contributed by atoms with E-state index in [0.717, 1.165) is 17.0 Å². The van der Waals surface area contributed by atoms with E-state index in [4.69, 9.17) is 4.74 Å². The first-order chi connectivity index (χ1) is 10.7. The minimum atomic E-state index is 0.00733. The molecule has 0 saturated carbocycles. The molecule has 1 aliphatic rings. The Labute approximate surface area is 130 Å². The van der Waals surface area contributed by atoms with Crippen molar-refractivity contribution in [1.29, 1.82) is 0 Å². The van der Waals surface area contributed by atoms with E-state index in [1.807, 2.05) is 36.4 Å². The fourth-order valence-corrected chi connectivity index (χ4v) is 2.48. The minimum Gasteiger partial charge on any atom is -0.489 e. The largest absolute Gasteiger partial charge is 0.489 e. The number of hydrogen-bond acceptors (Lipinski definition) is 3. The van der Waals surface area contributed by atoms with E-state index in [0.29, 0.717) is 19.6 Å². The summed E-state index contributed by atoms with van der Waals surface area (Å²) in [5, 5.41) is 6.30. The van der Waals surface area contributed by atoms with Crippen LogP contribution < -0.4 is 15.4 Å². The Hall–Kier alpha value is -2.49. The molecule has 4 heteroatoms. The standard InChI is InChI=1S/C18H20N2O2/c1-13-6-8-14(9-7-13)11-19-18(21)10-15-12-22-17-5-3-2-4-16(17)20-15/h2-9,15,20H,10-12H2,1H3,(H,19,21). The second kappa shape index (κ2) is 6.52. The number of ether oxygens (including phenoxy) is 1. The number of rotatable bonds is 4. The predicted molar refractivity (Wildman–Crippen MR) is 87.0 cm³/mol. The quantitative estimate of drug-likeness (QED) is 0.912. The second-order valence-electron chi connectivity index (χ2n) is 5.61. The lowest BCUT2D eigenvalue weighted by Crippen LogP contribution is -2.37. The molecular formula is C18H20N2O2. The average molecular weight is 296 g/mol. The Balaban J connectivity index is 1.49. The molecule has 3 rings (SSSR count). The van der Waals surface area contributed by atoms with Gasteiger partial charge >= 0.3 is 0 Å². The third-order valence-corrected chi connectivity index (χ3v) is 3.73. The number of benzene rings is 2. The Morgan fingerprint density at radius 2 is 2.00 bits per heavy atom. The highest BCUT2D eigenvalue weighted by Crippen LogP contribution is 2.28. The molecule has 0 fully saturated rings. The van der Waals surface area contributed by atoms with Gasteiger partial charge < -0.3 is 15.4 Å². The molecule has 2 aromatic rings. The van der Waals surface area contributed by atoms with Crippen LogP contribution in [0.2, 0.25) is 0 Å². The molecule has 0 aliphatic carbocycles. The van der Waals surface area contributed by atoms with Crippen LogP contribution in [0.3, 0.4) is 0 Å². The van der Waals surface area contributed by atoms with Gasteiger partial charge in [0.2, 0.25) is 5.91 Å².